The highest BCUT2D eigenvalue weighted by Crippen LogP contribution is 2.38. The van der Waals surface area contributed by atoms with Crippen molar-refractivity contribution in [3.05, 3.63) is 94.0 Å². The summed E-state index contributed by atoms with van der Waals surface area (Å²) in [7, 11) is 1.54. The number of aromatic nitrogens is 2. The van der Waals surface area contributed by atoms with Crippen molar-refractivity contribution >= 4 is 33.3 Å². The van der Waals surface area contributed by atoms with Crippen molar-refractivity contribution in [3.63, 3.8) is 0 Å². The summed E-state index contributed by atoms with van der Waals surface area (Å²) in [5.41, 5.74) is 1.78. The topological polar surface area (TPSA) is 123 Å². The van der Waals surface area contributed by atoms with Crippen LogP contribution in [0.4, 0.5) is 5.69 Å². The number of para-hydroxylation sites is 1. The Kier molecular flexibility index (Phi) is 7.54. The number of hydrogen-bond acceptors (Lipinski definition) is 7. The van der Waals surface area contributed by atoms with Gasteiger partial charge >= 0.3 is 0 Å². The van der Waals surface area contributed by atoms with Crippen molar-refractivity contribution < 1.29 is 24.1 Å². The molecule has 9 heteroatoms. The quantitative estimate of drug-likeness (QED) is 0.219. The molecule has 5 rings (SSSR count). The van der Waals surface area contributed by atoms with Gasteiger partial charge in [-0.15, -0.1) is 0 Å². The monoisotopic (exact) mass is 539 g/mol. The number of methoxy groups -OCH3 is 1. The summed E-state index contributed by atoms with van der Waals surface area (Å²) in [6.45, 7) is 4.33. The number of H-pyrrole nitrogens is 1. The number of pyridine rings is 2. The number of ether oxygens (including phenoxy) is 3. The maximum atomic E-state index is 13.3. The van der Waals surface area contributed by atoms with E-state index in [1.165, 1.54) is 0 Å². The smallest absolute Gasteiger partial charge is 0.276 e. The number of rotatable bonds is 9. The number of amides is 1. The SMILES string of the molecule is CCCOc1c(NC(=O)c2[nH]c(=O)c3ccccc3c2O)ccc(OC)c1COc1cccc2ccc(C)nc12. The molecule has 0 fully saturated rings. The Bertz CT molecular complexity index is 1780. The van der Waals surface area contributed by atoms with E-state index in [9.17, 15) is 14.7 Å². The fraction of sp³-hybridized carbons (Fsp3) is 0.194. The van der Waals surface area contributed by atoms with Crippen molar-refractivity contribution in [2.24, 2.45) is 0 Å². The lowest BCUT2D eigenvalue weighted by Gasteiger charge is -2.20. The summed E-state index contributed by atoms with van der Waals surface area (Å²) in [4.78, 5) is 33.0. The number of anilines is 1. The first kappa shape index (κ1) is 26.6. The molecule has 2 heterocycles. The van der Waals surface area contributed by atoms with Crippen molar-refractivity contribution in [2.75, 3.05) is 19.0 Å². The van der Waals surface area contributed by atoms with Gasteiger partial charge in [-0.3, -0.25) is 9.59 Å². The van der Waals surface area contributed by atoms with Crippen LogP contribution in [-0.4, -0.2) is 34.7 Å². The molecule has 3 aromatic carbocycles. The van der Waals surface area contributed by atoms with Crippen LogP contribution in [0.5, 0.6) is 23.0 Å². The van der Waals surface area contributed by atoms with E-state index in [4.69, 9.17) is 14.2 Å². The predicted octanol–water partition coefficient (Wildman–Crippen LogP) is 5.72. The molecule has 0 spiro atoms. The Morgan fingerprint density at radius 3 is 2.55 bits per heavy atom. The molecule has 1 amide bonds. The van der Waals surface area contributed by atoms with Gasteiger partial charge in [0.2, 0.25) is 0 Å². The van der Waals surface area contributed by atoms with Crippen LogP contribution in [0.15, 0.2) is 71.5 Å². The number of fused-ring (bicyclic) bond motifs is 2. The molecule has 0 radical (unpaired) electrons. The zero-order chi connectivity index (χ0) is 28.2. The summed E-state index contributed by atoms with van der Waals surface area (Å²) >= 11 is 0. The van der Waals surface area contributed by atoms with E-state index in [0.29, 0.717) is 35.1 Å². The number of benzene rings is 3. The number of carbonyl (C=O) groups excluding carboxylic acids is 1. The number of aromatic hydroxyl groups is 1. The predicted molar refractivity (Wildman–Crippen MR) is 154 cm³/mol. The second-order valence-electron chi connectivity index (χ2n) is 9.22. The second-order valence-corrected chi connectivity index (χ2v) is 9.22. The van der Waals surface area contributed by atoms with Crippen LogP contribution in [-0.2, 0) is 6.61 Å². The van der Waals surface area contributed by atoms with Gasteiger partial charge in [0.05, 0.1) is 30.4 Å². The van der Waals surface area contributed by atoms with Crippen molar-refractivity contribution in [1.29, 1.82) is 0 Å². The van der Waals surface area contributed by atoms with Gasteiger partial charge < -0.3 is 29.6 Å². The van der Waals surface area contributed by atoms with E-state index in [1.54, 1.807) is 43.5 Å². The maximum absolute atomic E-state index is 13.3. The third-order valence-electron chi connectivity index (χ3n) is 6.46. The number of nitrogens with one attached hydrogen (secondary N) is 2. The van der Waals surface area contributed by atoms with E-state index in [2.05, 4.69) is 15.3 Å². The minimum atomic E-state index is -0.701. The number of hydrogen-bond donors (Lipinski definition) is 3. The molecule has 2 aromatic heterocycles. The third kappa shape index (κ3) is 5.13. The van der Waals surface area contributed by atoms with Gasteiger partial charge in [0.15, 0.2) is 17.2 Å². The standard InChI is InChI=1S/C31H29N3O6/c1-4-16-39-29-22(17-40-25-11-7-8-19-13-12-18(2)32-26(19)25)24(38-3)15-14-23(29)33-31(37)27-28(35)20-9-5-6-10-21(20)30(36)34-27/h5-15,35H,4,16-17H2,1-3H3,(H,33,37)(H,34,36). The Balaban J connectivity index is 1.52. The van der Waals surface area contributed by atoms with E-state index >= 15 is 0 Å². The first-order valence-electron chi connectivity index (χ1n) is 12.9. The normalized spacial score (nSPS) is 11.0. The number of carbonyl (C=O) groups is 1. The van der Waals surface area contributed by atoms with Crippen LogP contribution < -0.4 is 25.1 Å². The summed E-state index contributed by atoms with van der Waals surface area (Å²) in [5, 5.41) is 15.1. The van der Waals surface area contributed by atoms with Gasteiger partial charge in [0.1, 0.15) is 23.6 Å². The van der Waals surface area contributed by atoms with Gasteiger partial charge in [-0.05, 0) is 43.7 Å². The molecule has 204 valence electrons. The molecule has 5 aromatic rings. The van der Waals surface area contributed by atoms with Crippen LogP contribution in [0.25, 0.3) is 21.7 Å². The van der Waals surface area contributed by atoms with Gasteiger partial charge in [-0.25, -0.2) is 4.98 Å². The molecule has 0 aliphatic heterocycles. The average molecular weight is 540 g/mol. The number of aryl methyl sites for hydroxylation is 1. The lowest BCUT2D eigenvalue weighted by atomic mass is 10.1. The van der Waals surface area contributed by atoms with Gasteiger partial charge in [0, 0.05) is 16.5 Å². The molecule has 0 atom stereocenters. The largest absolute Gasteiger partial charge is 0.505 e. The average Bonchev–Trinajstić information content (AvgIpc) is 2.97. The van der Waals surface area contributed by atoms with Crippen LogP contribution in [0.3, 0.4) is 0 Å². The highest BCUT2D eigenvalue weighted by Gasteiger charge is 2.22. The van der Waals surface area contributed by atoms with E-state index in [0.717, 1.165) is 23.0 Å². The molecular weight excluding hydrogens is 510 g/mol. The molecule has 40 heavy (non-hydrogen) atoms. The van der Waals surface area contributed by atoms with Crippen molar-refractivity contribution in [1.82, 2.24) is 9.97 Å². The third-order valence-corrected chi connectivity index (χ3v) is 6.46. The molecule has 0 aliphatic carbocycles. The molecule has 0 unspecified atom stereocenters. The highest BCUT2D eigenvalue weighted by molar-refractivity contribution is 6.08. The Morgan fingerprint density at radius 1 is 0.975 bits per heavy atom. The highest BCUT2D eigenvalue weighted by atomic mass is 16.5. The summed E-state index contributed by atoms with van der Waals surface area (Å²) in [6.07, 6.45) is 0.718. The van der Waals surface area contributed by atoms with Crippen LogP contribution in [0, 0.1) is 6.92 Å². The second kappa shape index (κ2) is 11.4. The van der Waals surface area contributed by atoms with Crippen molar-refractivity contribution in [3.8, 4) is 23.0 Å². The molecule has 0 bridgehead atoms. The number of aromatic amines is 1. The molecular formula is C31H29N3O6. The zero-order valence-corrected chi connectivity index (χ0v) is 22.4. The first-order valence-corrected chi connectivity index (χ1v) is 12.9. The fourth-order valence-corrected chi connectivity index (χ4v) is 4.50. The molecule has 0 saturated carbocycles. The fourth-order valence-electron chi connectivity index (χ4n) is 4.50. The van der Waals surface area contributed by atoms with E-state index < -0.39 is 11.5 Å². The Labute approximate surface area is 230 Å². The van der Waals surface area contributed by atoms with E-state index in [-0.39, 0.29) is 28.8 Å². The van der Waals surface area contributed by atoms with Crippen LogP contribution in [0.2, 0.25) is 0 Å². The van der Waals surface area contributed by atoms with Gasteiger partial charge in [-0.2, -0.15) is 0 Å². The Hall–Kier alpha value is -5.05. The minimum Gasteiger partial charge on any atom is -0.505 e. The Morgan fingerprint density at radius 2 is 1.77 bits per heavy atom. The van der Waals surface area contributed by atoms with Gasteiger partial charge in [0.25, 0.3) is 11.5 Å². The molecule has 0 aliphatic rings. The summed E-state index contributed by atoms with van der Waals surface area (Å²) in [5.74, 6) is 0.446. The zero-order valence-electron chi connectivity index (χ0n) is 22.4. The minimum absolute atomic E-state index is 0.0682. The van der Waals surface area contributed by atoms with Crippen molar-refractivity contribution in [2.45, 2.75) is 26.9 Å². The molecule has 0 saturated heterocycles. The maximum Gasteiger partial charge on any atom is 0.276 e. The summed E-state index contributed by atoms with van der Waals surface area (Å²) in [6, 6.07) is 19.5. The lowest BCUT2D eigenvalue weighted by molar-refractivity contribution is 0.101. The first-order chi connectivity index (χ1) is 19.4. The van der Waals surface area contributed by atoms with Crippen LogP contribution >= 0.6 is 0 Å². The molecule has 3 N–H and O–H groups in total. The number of nitrogens with zero attached hydrogens (tertiary/aromatic N) is 1. The molecule has 9 nitrogen and oxygen atoms in total. The van der Waals surface area contributed by atoms with Crippen LogP contribution in [0.1, 0.15) is 35.1 Å². The van der Waals surface area contributed by atoms with Gasteiger partial charge in [-0.1, -0.05) is 43.3 Å². The lowest BCUT2D eigenvalue weighted by Crippen LogP contribution is -2.20. The van der Waals surface area contributed by atoms with E-state index in [1.807, 2.05) is 44.2 Å². The summed E-state index contributed by atoms with van der Waals surface area (Å²) < 4.78 is 17.9.